The van der Waals surface area contributed by atoms with Crippen molar-refractivity contribution in [2.45, 2.75) is 155 Å². The van der Waals surface area contributed by atoms with Gasteiger partial charge < -0.3 is 19.7 Å². The first-order chi connectivity index (χ1) is 22.3. The lowest BCUT2D eigenvalue weighted by Gasteiger charge is -2.10. The maximum absolute atomic E-state index is 12.8. The fourth-order valence-corrected chi connectivity index (χ4v) is 5.54. The number of esters is 2. The molecule has 2 N–H and O–H groups in total. The summed E-state index contributed by atoms with van der Waals surface area (Å²) in [7, 11) is 0. The molecule has 0 saturated carbocycles. The minimum absolute atomic E-state index is 0.0522. The average molecular weight is 639 g/mol. The van der Waals surface area contributed by atoms with Crippen LogP contribution in [0.25, 0.3) is 0 Å². The summed E-state index contributed by atoms with van der Waals surface area (Å²) < 4.78 is 10.7. The minimum atomic E-state index is -0.352. The quantitative estimate of drug-likeness (QED) is 0.0456. The van der Waals surface area contributed by atoms with Crippen molar-refractivity contribution in [2.24, 2.45) is 0 Å². The van der Waals surface area contributed by atoms with Crippen LogP contribution in [-0.2, 0) is 16.0 Å². The summed E-state index contributed by atoms with van der Waals surface area (Å²) in [6.45, 7) is 4.43. The molecule has 256 valence electrons. The number of aromatic hydroxyl groups is 2. The molecule has 0 atom stereocenters. The maximum atomic E-state index is 12.8. The highest BCUT2D eigenvalue weighted by molar-refractivity contribution is 5.99. The molecule has 0 aromatic heterocycles. The van der Waals surface area contributed by atoms with E-state index in [2.05, 4.69) is 13.8 Å². The number of hydrogen-bond acceptors (Lipinski definition) is 7. The number of phenolic OH excluding ortho intramolecular Hbond substituents is 2. The van der Waals surface area contributed by atoms with Gasteiger partial charge in [0.05, 0.1) is 5.56 Å². The Balaban J connectivity index is 1.68. The molecule has 2 aromatic rings. The fourth-order valence-electron chi connectivity index (χ4n) is 5.54. The molecule has 0 spiro atoms. The maximum Gasteiger partial charge on any atom is 0.311 e. The highest BCUT2D eigenvalue weighted by Crippen LogP contribution is 2.28. The van der Waals surface area contributed by atoms with Crippen molar-refractivity contribution < 1.29 is 34.1 Å². The molecule has 2 aromatic carbocycles. The second-order valence-corrected chi connectivity index (χ2v) is 12.5. The number of rotatable bonds is 26. The van der Waals surface area contributed by atoms with Crippen LogP contribution in [0.2, 0.25) is 0 Å². The number of Topliss-reactive ketones (excluding diaryl/α,β-unsaturated/α-hetero) is 1. The Hall–Kier alpha value is -3.35. The monoisotopic (exact) mass is 638 g/mol. The second kappa shape index (κ2) is 23.9. The van der Waals surface area contributed by atoms with E-state index in [1.54, 1.807) is 12.1 Å². The van der Waals surface area contributed by atoms with Crippen molar-refractivity contribution in [1.82, 2.24) is 0 Å². The number of hydrogen-bond donors (Lipinski definition) is 2. The zero-order valence-corrected chi connectivity index (χ0v) is 28.5. The van der Waals surface area contributed by atoms with Crippen LogP contribution in [0.1, 0.15) is 165 Å². The standard InChI is InChI=1S/C39H58O7/c1-3-5-7-9-11-13-15-17-19-21-38(43)45-32-25-23-31(36(41)29-32)24-28-35(40)34-27-26-33(30-37(34)42)46-39(44)22-20-18-16-14-12-10-8-6-4-2/h23,25-27,29-30,41-42H,3-22,24,28H2,1-2H3. The number of ether oxygens (including phenoxy) is 2. The van der Waals surface area contributed by atoms with Crippen LogP contribution in [-0.4, -0.2) is 27.9 Å². The Kier molecular flexibility index (Phi) is 20.2. The summed E-state index contributed by atoms with van der Waals surface area (Å²) in [5.41, 5.74) is 0.661. The number of carbonyl (C=O) groups excluding carboxylic acids is 3. The lowest BCUT2D eigenvalue weighted by molar-refractivity contribution is -0.135. The molecular weight excluding hydrogens is 580 g/mol. The van der Waals surface area contributed by atoms with Gasteiger partial charge in [0.15, 0.2) is 5.78 Å². The Morgan fingerprint density at radius 3 is 1.37 bits per heavy atom. The number of benzene rings is 2. The van der Waals surface area contributed by atoms with E-state index in [0.717, 1.165) is 38.5 Å². The smallest absolute Gasteiger partial charge is 0.311 e. The number of unbranched alkanes of at least 4 members (excludes halogenated alkanes) is 16. The van der Waals surface area contributed by atoms with Crippen molar-refractivity contribution >= 4 is 17.7 Å². The molecule has 2 rings (SSSR count). The zero-order chi connectivity index (χ0) is 33.4. The topological polar surface area (TPSA) is 110 Å². The van der Waals surface area contributed by atoms with Crippen LogP contribution in [0.4, 0.5) is 0 Å². The predicted molar refractivity (Wildman–Crippen MR) is 184 cm³/mol. The van der Waals surface area contributed by atoms with Crippen molar-refractivity contribution in [1.29, 1.82) is 0 Å². The largest absolute Gasteiger partial charge is 0.508 e. The molecule has 0 radical (unpaired) electrons. The van der Waals surface area contributed by atoms with Crippen LogP contribution in [0.15, 0.2) is 36.4 Å². The molecule has 0 aliphatic rings. The van der Waals surface area contributed by atoms with Gasteiger partial charge in [0.25, 0.3) is 0 Å². The van der Waals surface area contributed by atoms with E-state index >= 15 is 0 Å². The van der Waals surface area contributed by atoms with E-state index in [-0.39, 0.29) is 59.1 Å². The summed E-state index contributed by atoms with van der Waals surface area (Å²) in [6.07, 6.45) is 21.9. The molecule has 0 unspecified atom stereocenters. The van der Waals surface area contributed by atoms with E-state index in [1.165, 1.54) is 101 Å². The van der Waals surface area contributed by atoms with Crippen LogP contribution < -0.4 is 9.47 Å². The first-order valence-corrected chi connectivity index (χ1v) is 17.9. The lowest BCUT2D eigenvalue weighted by Crippen LogP contribution is -2.08. The number of phenols is 2. The molecule has 7 heteroatoms. The van der Waals surface area contributed by atoms with Gasteiger partial charge in [-0.1, -0.05) is 123 Å². The van der Waals surface area contributed by atoms with Gasteiger partial charge in [-0.15, -0.1) is 0 Å². The molecule has 0 saturated heterocycles. The average Bonchev–Trinajstić information content (AvgIpc) is 3.02. The summed E-state index contributed by atoms with van der Waals surface area (Å²) in [6, 6.07) is 8.90. The number of ketones is 1. The molecule has 0 bridgehead atoms. The third kappa shape index (κ3) is 16.8. The molecule has 7 nitrogen and oxygen atoms in total. The Morgan fingerprint density at radius 1 is 0.522 bits per heavy atom. The van der Waals surface area contributed by atoms with Crippen LogP contribution in [0.3, 0.4) is 0 Å². The van der Waals surface area contributed by atoms with Crippen LogP contribution >= 0.6 is 0 Å². The van der Waals surface area contributed by atoms with Gasteiger partial charge in [-0.25, -0.2) is 0 Å². The van der Waals surface area contributed by atoms with E-state index < -0.39 is 0 Å². The SMILES string of the molecule is CCCCCCCCCCCC(=O)Oc1ccc(CCC(=O)c2ccc(OC(=O)CCCCCCCCCCC)cc2O)c(O)c1. The van der Waals surface area contributed by atoms with Gasteiger partial charge >= 0.3 is 11.9 Å². The number of carbonyl (C=O) groups is 3. The third-order valence-corrected chi connectivity index (χ3v) is 8.38. The van der Waals surface area contributed by atoms with Crippen LogP contribution in [0.5, 0.6) is 23.0 Å². The van der Waals surface area contributed by atoms with Gasteiger partial charge in [0.1, 0.15) is 23.0 Å². The molecule has 46 heavy (non-hydrogen) atoms. The highest BCUT2D eigenvalue weighted by atomic mass is 16.5. The summed E-state index contributed by atoms with van der Waals surface area (Å²) >= 11 is 0. The van der Waals surface area contributed by atoms with E-state index in [9.17, 15) is 24.6 Å². The highest BCUT2D eigenvalue weighted by Gasteiger charge is 2.15. The molecule has 0 fully saturated rings. The molecule has 0 amide bonds. The number of aryl methyl sites for hydroxylation is 1. The Labute approximate surface area is 277 Å². The van der Waals surface area contributed by atoms with Crippen molar-refractivity contribution in [3.05, 3.63) is 47.5 Å². The molecule has 0 heterocycles. The first-order valence-electron chi connectivity index (χ1n) is 17.9. The van der Waals surface area contributed by atoms with Gasteiger partial charge in [-0.05, 0) is 43.0 Å². The zero-order valence-electron chi connectivity index (χ0n) is 28.5. The molecule has 0 aliphatic carbocycles. The van der Waals surface area contributed by atoms with Gasteiger partial charge in [-0.3, -0.25) is 14.4 Å². The van der Waals surface area contributed by atoms with E-state index in [4.69, 9.17) is 9.47 Å². The molecular formula is C39H58O7. The predicted octanol–water partition coefficient (Wildman–Crippen LogP) is 10.6. The second-order valence-electron chi connectivity index (χ2n) is 12.5. The lowest BCUT2D eigenvalue weighted by atomic mass is 10.0. The third-order valence-electron chi connectivity index (χ3n) is 8.38. The fraction of sp³-hybridized carbons (Fsp3) is 0.615. The van der Waals surface area contributed by atoms with Crippen molar-refractivity contribution in [3.8, 4) is 23.0 Å². The molecule has 0 aliphatic heterocycles. The summed E-state index contributed by atoms with van der Waals surface area (Å²) in [4.78, 5) is 37.2. The van der Waals surface area contributed by atoms with Gasteiger partial charge in [-0.2, -0.15) is 0 Å². The Bertz CT molecular complexity index is 1170. The van der Waals surface area contributed by atoms with E-state index in [1.807, 2.05) is 0 Å². The van der Waals surface area contributed by atoms with Crippen molar-refractivity contribution in [3.63, 3.8) is 0 Å². The minimum Gasteiger partial charge on any atom is -0.508 e. The Morgan fingerprint density at radius 2 is 0.935 bits per heavy atom. The summed E-state index contributed by atoms with van der Waals surface area (Å²) in [5.74, 6) is -0.810. The summed E-state index contributed by atoms with van der Waals surface area (Å²) in [5, 5.41) is 20.9. The van der Waals surface area contributed by atoms with Gasteiger partial charge in [0.2, 0.25) is 0 Å². The van der Waals surface area contributed by atoms with E-state index in [0.29, 0.717) is 18.4 Å². The van der Waals surface area contributed by atoms with Crippen LogP contribution in [0, 0.1) is 0 Å². The first kappa shape index (κ1) is 38.8. The van der Waals surface area contributed by atoms with Crippen molar-refractivity contribution in [2.75, 3.05) is 0 Å². The normalized spacial score (nSPS) is 11.0. The van der Waals surface area contributed by atoms with Gasteiger partial charge in [0, 0.05) is 31.4 Å².